The molecule has 2 radical (unpaired) electrons. The molecule has 0 aliphatic rings. The second kappa shape index (κ2) is 4.36. The summed E-state index contributed by atoms with van der Waals surface area (Å²) >= 11 is 0. The van der Waals surface area contributed by atoms with E-state index in [0.29, 0.717) is 5.59 Å². The van der Waals surface area contributed by atoms with Crippen LogP contribution in [0.5, 0.6) is 0 Å². The van der Waals surface area contributed by atoms with Crippen molar-refractivity contribution < 1.29 is 0 Å². The monoisotopic (exact) mass is 221 g/mol. The highest BCUT2D eigenvalue weighted by Gasteiger charge is 2.16. The van der Waals surface area contributed by atoms with Gasteiger partial charge >= 0.3 is 0 Å². The fourth-order valence-electron chi connectivity index (χ4n) is 1.88. The number of hydrogen-bond acceptors (Lipinski definition) is 1. The van der Waals surface area contributed by atoms with Crippen LogP contribution in [0.2, 0.25) is 0 Å². The normalized spacial score (nSPS) is 11.5. The molecular formula is C15H16BN. The van der Waals surface area contributed by atoms with Gasteiger partial charge in [0, 0.05) is 5.56 Å². The van der Waals surface area contributed by atoms with Crippen LogP contribution >= 0.6 is 0 Å². The molecule has 1 heterocycles. The molecule has 0 spiro atoms. The van der Waals surface area contributed by atoms with Crippen molar-refractivity contribution in [1.82, 2.24) is 4.98 Å². The molecule has 84 valence electrons. The number of nitrogens with zero attached hydrogens (tertiary/aromatic N) is 1. The van der Waals surface area contributed by atoms with E-state index < -0.39 is 0 Å². The second-order valence-electron chi connectivity index (χ2n) is 5.25. The van der Waals surface area contributed by atoms with E-state index in [2.05, 4.69) is 31.8 Å². The van der Waals surface area contributed by atoms with E-state index in [1.54, 1.807) is 0 Å². The molecule has 1 nitrogen and oxygen atoms in total. The van der Waals surface area contributed by atoms with Gasteiger partial charge in [-0.15, -0.1) is 0 Å². The third-order valence-electron chi connectivity index (χ3n) is 2.80. The van der Waals surface area contributed by atoms with Gasteiger partial charge < -0.3 is 0 Å². The van der Waals surface area contributed by atoms with Gasteiger partial charge in [-0.05, 0) is 22.6 Å². The zero-order chi connectivity index (χ0) is 12.5. The average molecular weight is 221 g/mol. The van der Waals surface area contributed by atoms with Gasteiger partial charge in [0.1, 0.15) is 7.85 Å². The van der Waals surface area contributed by atoms with E-state index in [1.807, 2.05) is 36.4 Å². The van der Waals surface area contributed by atoms with Crippen molar-refractivity contribution in [3.05, 3.63) is 48.0 Å². The summed E-state index contributed by atoms with van der Waals surface area (Å²) in [4.78, 5) is 4.49. The fraction of sp³-hybridized carbons (Fsp3) is 0.267. The second-order valence-corrected chi connectivity index (χ2v) is 5.25. The van der Waals surface area contributed by atoms with Crippen molar-refractivity contribution in [1.29, 1.82) is 0 Å². The number of benzene rings is 1. The number of rotatable bonds is 1. The molecule has 0 unspecified atom stereocenters. The number of hydrogen-bond donors (Lipinski definition) is 0. The van der Waals surface area contributed by atoms with Crippen LogP contribution in [-0.4, -0.2) is 12.8 Å². The summed E-state index contributed by atoms with van der Waals surface area (Å²) in [7, 11) is 6.03. The summed E-state index contributed by atoms with van der Waals surface area (Å²) in [6, 6.07) is 14.2. The van der Waals surface area contributed by atoms with Gasteiger partial charge in [-0.1, -0.05) is 57.2 Å². The molecule has 2 heteroatoms. The first-order chi connectivity index (χ1) is 7.98. The molecule has 0 atom stereocenters. The van der Waals surface area contributed by atoms with E-state index in [9.17, 15) is 0 Å². The lowest BCUT2D eigenvalue weighted by molar-refractivity contribution is 0.592. The Labute approximate surface area is 104 Å². The Morgan fingerprint density at radius 2 is 1.59 bits per heavy atom. The van der Waals surface area contributed by atoms with Gasteiger partial charge in [-0.2, -0.15) is 0 Å². The van der Waals surface area contributed by atoms with Gasteiger partial charge in [-0.3, -0.25) is 4.98 Å². The van der Waals surface area contributed by atoms with Crippen LogP contribution in [0.25, 0.3) is 11.3 Å². The van der Waals surface area contributed by atoms with Gasteiger partial charge in [0.2, 0.25) is 0 Å². The average Bonchev–Trinajstić information content (AvgIpc) is 2.28. The summed E-state index contributed by atoms with van der Waals surface area (Å²) in [6.45, 7) is 6.42. The first-order valence-corrected chi connectivity index (χ1v) is 5.81. The highest BCUT2D eigenvalue weighted by atomic mass is 14.7. The predicted octanol–water partition coefficient (Wildman–Crippen LogP) is 2.84. The Morgan fingerprint density at radius 1 is 0.941 bits per heavy atom. The van der Waals surface area contributed by atoms with Crippen LogP contribution in [0.1, 0.15) is 26.3 Å². The molecule has 0 aliphatic heterocycles. The molecular weight excluding hydrogens is 205 g/mol. The Morgan fingerprint density at radius 3 is 2.12 bits per heavy atom. The Kier molecular flexibility index (Phi) is 3.06. The van der Waals surface area contributed by atoms with Crippen LogP contribution < -0.4 is 5.59 Å². The highest BCUT2D eigenvalue weighted by Crippen LogP contribution is 2.22. The van der Waals surface area contributed by atoms with Crippen LogP contribution in [-0.2, 0) is 5.41 Å². The summed E-state index contributed by atoms with van der Waals surface area (Å²) in [5.41, 5.74) is 3.78. The Balaban J connectivity index is 2.45. The summed E-state index contributed by atoms with van der Waals surface area (Å²) < 4.78 is 0. The van der Waals surface area contributed by atoms with E-state index in [-0.39, 0.29) is 5.41 Å². The topological polar surface area (TPSA) is 12.9 Å². The Hall–Kier alpha value is -1.57. The SMILES string of the molecule is [B]c1nc(-c2ccccc2)ccc1C(C)(C)C. The molecule has 0 saturated carbocycles. The van der Waals surface area contributed by atoms with Gasteiger partial charge in [0.05, 0.1) is 5.69 Å². The molecule has 1 aromatic heterocycles. The maximum atomic E-state index is 6.03. The smallest absolute Gasteiger partial charge is 0.142 e. The lowest BCUT2D eigenvalue weighted by atomic mass is 9.80. The third kappa shape index (κ3) is 2.58. The van der Waals surface area contributed by atoms with E-state index in [0.717, 1.165) is 16.8 Å². The zero-order valence-electron chi connectivity index (χ0n) is 10.6. The first-order valence-electron chi connectivity index (χ1n) is 5.81. The molecule has 0 bridgehead atoms. The fourth-order valence-corrected chi connectivity index (χ4v) is 1.88. The summed E-state index contributed by atoms with van der Waals surface area (Å²) in [5, 5.41) is 0. The Bertz CT molecular complexity index is 512. The third-order valence-corrected chi connectivity index (χ3v) is 2.80. The summed E-state index contributed by atoms with van der Waals surface area (Å²) in [6.07, 6.45) is 0. The van der Waals surface area contributed by atoms with Crippen molar-refractivity contribution in [3.63, 3.8) is 0 Å². The van der Waals surface area contributed by atoms with Crippen LogP contribution in [0, 0.1) is 0 Å². The molecule has 0 amide bonds. The zero-order valence-corrected chi connectivity index (χ0v) is 10.6. The minimum absolute atomic E-state index is 0.0340. The molecule has 0 N–H and O–H groups in total. The van der Waals surface area contributed by atoms with Crippen LogP contribution in [0.4, 0.5) is 0 Å². The lowest BCUT2D eigenvalue weighted by Gasteiger charge is -2.21. The van der Waals surface area contributed by atoms with Crippen molar-refractivity contribution in [2.45, 2.75) is 26.2 Å². The van der Waals surface area contributed by atoms with Gasteiger partial charge in [0.25, 0.3) is 0 Å². The van der Waals surface area contributed by atoms with Crippen molar-refractivity contribution in [2.75, 3.05) is 0 Å². The maximum absolute atomic E-state index is 6.03. The highest BCUT2D eigenvalue weighted by molar-refractivity contribution is 6.32. The molecule has 0 saturated heterocycles. The van der Waals surface area contributed by atoms with Crippen LogP contribution in [0.15, 0.2) is 42.5 Å². The van der Waals surface area contributed by atoms with Crippen LogP contribution in [0.3, 0.4) is 0 Å². The summed E-state index contributed by atoms with van der Waals surface area (Å²) in [5.74, 6) is 0. The quantitative estimate of drug-likeness (QED) is 0.674. The number of aromatic nitrogens is 1. The van der Waals surface area contributed by atoms with E-state index in [1.165, 1.54) is 0 Å². The van der Waals surface area contributed by atoms with Crippen molar-refractivity contribution in [2.24, 2.45) is 0 Å². The molecule has 0 aliphatic carbocycles. The molecule has 1 aromatic carbocycles. The van der Waals surface area contributed by atoms with Crippen molar-refractivity contribution in [3.8, 4) is 11.3 Å². The minimum atomic E-state index is 0.0340. The molecule has 17 heavy (non-hydrogen) atoms. The molecule has 2 rings (SSSR count). The van der Waals surface area contributed by atoms with Gasteiger partial charge in [-0.25, -0.2) is 0 Å². The van der Waals surface area contributed by atoms with E-state index >= 15 is 0 Å². The minimum Gasteiger partial charge on any atom is -0.264 e. The maximum Gasteiger partial charge on any atom is 0.142 e. The first kappa shape index (κ1) is 11.9. The van der Waals surface area contributed by atoms with Gasteiger partial charge in [0.15, 0.2) is 0 Å². The molecule has 0 fully saturated rings. The number of pyridine rings is 1. The largest absolute Gasteiger partial charge is 0.264 e. The lowest BCUT2D eigenvalue weighted by Crippen LogP contribution is -2.25. The predicted molar refractivity (Wildman–Crippen MR) is 73.8 cm³/mol. The van der Waals surface area contributed by atoms with Crippen molar-refractivity contribution >= 4 is 13.4 Å². The van der Waals surface area contributed by atoms with E-state index in [4.69, 9.17) is 7.85 Å². The standard InChI is InChI=1S/C15H16BN/c1-15(2,3)12-9-10-13(17-14(12)16)11-7-5-4-6-8-11/h4-10H,1-3H3. The molecule has 2 aromatic rings.